The van der Waals surface area contributed by atoms with E-state index in [2.05, 4.69) is 16.1 Å². The molecule has 1 atom stereocenters. The molecule has 25 heavy (non-hydrogen) atoms. The molecule has 1 saturated heterocycles. The van der Waals surface area contributed by atoms with Gasteiger partial charge in [0.05, 0.1) is 42.6 Å². The maximum absolute atomic E-state index is 9.01. The summed E-state index contributed by atoms with van der Waals surface area (Å²) in [4.78, 5) is 7.01. The van der Waals surface area contributed by atoms with Crippen LogP contribution in [0, 0.1) is 18.3 Å². The lowest BCUT2D eigenvalue weighted by molar-refractivity contribution is 0.0272. The first kappa shape index (κ1) is 15.6. The van der Waals surface area contributed by atoms with Crippen molar-refractivity contribution in [2.75, 3.05) is 24.6 Å². The van der Waals surface area contributed by atoms with Crippen molar-refractivity contribution < 1.29 is 4.74 Å². The van der Waals surface area contributed by atoms with E-state index in [-0.39, 0.29) is 6.10 Å². The predicted molar refractivity (Wildman–Crippen MR) is 95.4 cm³/mol. The van der Waals surface area contributed by atoms with Crippen molar-refractivity contribution in [3.8, 4) is 6.07 Å². The van der Waals surface area contributed by atoms with Crippen molar-refractivity contribution in [3.05, 3.63) is 53.9 Å². The van der Waals surface area contributed by atoms with Crippen LogP contribution in [-0.4, -0.2) is 40.6 Å². The van der Waals surface area contributed by atoms with E-state index < -0.39 is 0 Å². The van der Waals surface area contributed by atoms with E-state index >= 15 is 0 Å². The molecule has 1 unspecified atom stereocenters. The van der Waals surface area contributed by atoms with Gasteiger partial charge in [-0.1, -0.05) is 0 Å². The first-order valence-corrected chi connectivity index (χ1v) is 8.38. The molecule has 1 aliphatic heterocycles. The van der Waals surface area contributed by atoms with Gasteiger partial charge in [-0.3, -0.25) is 4.68 Å². The highest BCUT2D eigenvalue weighted by Gasteiger charge is 2.22. The third-order valence-electron chi connectivity index (χ3n) is 4.42. The van der Waals surface area contributed by atoms with Crippen LogP contribution in [0.15, 0.2) is 42.7 Å². The summed E-state index contributed by atoms with van der Waals surface area (Å²) in [6.45, 7) is 5.06. The minimum Gasteiger partial charge on any atom is -0.373 e. The number of hydrogen-bond acceptors (Lipinski definition) is 5. The Morgan fingerprint density at radius 3 is 3.04 bits per heavy atom. The highest BCUT2D eigenvalue weighted by molar-refractivity contribution is 5.81. The number of hydrogen-bond donors (Lipinski definition) is 0. The number of morpholine rings is 1. The Kier molecular flexibility index (Phi) is 4.08. The fourth-order valence-corrected chi connectivity index (χ4v) is 3.17. The van der Waals surface area contributed by atoms with Crippen LogP contribution in [-0.2, 0) is 11.3 Å². The smallest absolute Gasteiger partial charge is 0.129 e. The van der Waals surface area contributed by atoms with Gasteiger partial charge in [0.1, 0.15) is 5.82 Å². The third-order valence-corrected chi connectivity index (χ3v) is 4.42. The Morgan fingerprint density at radius 1 is 1.32 bits per heavy atom. The molecule has 6 heteroatoms. The average molecular weight is 333 g/mol. The van der Waals surface area contributed by atoms with Gasteiger partial charge in [-0.2, -0.15) is 10.4 Å². The minimum atomic E-state index is 0.0894. The Hall–Kier alpha value is -2.91. The molecule has 3 aromatic rings. The molecule has 0 amide bonds. The molecule has 3 heterocycles. The SMILES string of the molecule is Cc1cnn(CC2CN(c3ccc4cc(C#N)ccc4n3)CCO2)c1. The standard InChI is InChI=1S/C19H19N5O/c1-14-10-21-24(11-14)13-17-12-23(6-7-25-17)19-5-3-16-8-15(9-20)2-4-18(16)22-19/h2-5,8,10-11,17H,6-7,12-13H2,1H3. The van der Waals surface area contributed by atoms with Crippen molar-refractivity contribution in [1.82, 2.24) is 14.8 Å². The second-order valence-electron chi connectivity index (χ2n) is 6.37. The molecule has 0 bridgehead atoms. The topological polar surface area (TPSA) is 67.0 Å². The molecule has 0 saturated carbocycles. The van der Waals surface area contributed by atoms with E-state index in [9.17, 15) is 0 Å². The lowest BCUT2D eigenvalue weighted by Gasteiger charge is -2.33. The molecule has 0 radical (unpaired) electrons. The van der Waals surface area contributed by atoms with Crippen LogP contribution in [0.2, 0.25) is 0 Å². The van der Waals surface area contributed by atoms with Crippen molar-refractivity contribution in [2.45, 2.75) is 19.6 Å². The van der Waals surface area contributed by atoms with Gasteiger partial charge in [-0.25, -0.2) is 4.98 Å². The van der Waals surface area contributed by atoms with Crippen LogP contribution in [0.5, 0.6) is 0 Å². The van der Waals surface area contributed by atoms with Crippen molar-refractivity contribution in [2.24, 2.45) is 0 Å². The Balaban J connectivity index is 1.52. The fourth-order valence-electron chi connectivity index (χ4n) is 3.17. The number of fused-ring (bicyclic) bond motifs is 1. The molecule has 0 spiro atoms. The van der Waals surface area contributed by atoms with Crippen molar-refractivity contribution in [3.63, 3.8) is 0 Å². The molecular formula is C19H19N5O. The number of benzene rings is 1. The van der Waals surface area contributed by atoms with E-state index in [4.69, 9.17) is 15.0 Å². The van der Waals surface area contributed by atoms with Crippen LogP contribution in [0.3, 0.4) is 0 Å². The van der Waals surface area contributed by atoms with Crippen molar-refractivity contribution in [1.29, 1.82) is 5.26 Å². The quantitative estimate of drug-likeness (QED) is 0.737. The number of anilines is 1. The van der Waals surface area contributed by atoms with Crippen LogP contribution < -0.4 is 4.90 Å². The maximum atomic E-state index is 9.01. The molecule has 4 rings (SSSR count). The van der Waals surface area contributed by atoms with Crippen LogP contribution in [0.4, 0.5) is 5.82 Å². The Labute approximate surface area is 146 Å². The highest BCUT2D eigenvalue weighted by Crippen LogP contribution is 2.21. The van der Waals surface area contributed by atoms with Gasteiger partial charge < -0.3 is 9.64 Å². The second kappa shape index (κ2) is 6.54. The Bertz CT molecular complexity index is 942. The van der Waals surface area contributed by atoms with Gasteiger partial charge in [0.2, 0.25) is 0 Å². The monoisotopic (exact) mass is 333 g/mol. The highest BCUT2D eigenvalue weighted by atomic mass is 16.5. The number of pyridine rings is 1. The van der Waals surface area contributed by atoms with Crippen LogP contribution in [0.1, 0.15) is 11.1 Å². The number of rotatable bonds is 3. The first-order valence-electron chi connectivity index (χ1n) is 8.38. The number of aromatic nitrogens is 3. The number of nitriles is 1. The molecule has 126 valence electrons. The third kappa shape index (κ3) is 3.32. The molecule has 0 N–H and O–H groups in total. The van der Waals surface area contributed by atoms with Crippen LogP contribution >= 0.6 is 0 Å². The van der Waals surface area contributed by atoms with Gasteiger partial charge in [0, 0.05) is 24.7 Å². The molecule has 0 aliphatic carbocycles. The number of ether oxygens (including phenoxy) is 1. The van der Waals surface area contributed by atoms with Crippen molar-refractivity contribution >= 4 is 16.7 Å². The van der Waals surface area contributed by atoms with Gasteiger partial charge in [0.25, 0.3) is 0 Å². The summed E-state index contributed by atoms with van der Waals surface area (Å²) in [7, 11) is 0. The second-order valence-corrected chi connectivity index (χ2v) is 6.37. The predicted octanol–water partition coefficient (Wildman–Crippen LogP) is 2.52. The fraction of sp³-hybridized carbons (Fsp3) is 0.316. The minimum absolute atomic E-state index is 0.0894. The zero-order chi connectivity index (χ0) is 17.2. The van der Waals surface area contributed by atoms with Gasteiger partial charge in [-0.05, 0) is 42.8 Å². The van der Waals surface area contributed by atoms with E-state index in [0.717, 1.165) is 41.9 Å². The summed E-state index contributed by atoms with van der Waals surface area (Å²) >= 11 is 0. The summed E-state index contributed by atoms with van der Waals surface area (Å²) in [5.41, 5.74) is 2.71. The molecule has 1 aliphatic rings. The molecular weight excluding hydrogens is 314 g/mol. The summed E-state index contributed by atoms with van der Waals surface area (Å²) in [5, 5.41) is 14.3. The zero-order valence-corrected chi connectivity index (χ0v) is 14.1. The lowest BCUT2D eigenvalue weighted by atomic mass is 10.1. The normalized spacial score (nSPS) is 17.6. The molecule has 6 nitrogen and oxygen atoms in total. The molecule has 1 aromatic carbocycles. The summed E-state index contributed by atoms with van der Waals surface area (Å²) < 4.78 is 7.83. The largest absolute Gasteiger partial charge is 0.373 e. The zero-order valence-electron chi connectivity index (χ0n) is 14.1. The van der Waals surface area contributed by atoms with E-state index in [1.807, 2.05) is 48.3 Å². The molecule has 2 aromatic heterocycles. The summed E-state index contributed by atoms with van der Waals surface area (Å²) in [6.07, 6.45) is 3.98. The van der Waals surface area contributed by atoms with E-state index in [1.165, 1.54) is 0 Å². The summed E-state index contributed by atoms with van der Waals surface area (Å²) in [5.74, 6) is 0.946. The maximum Gasteiger partial charge on any atom is 0.129 e. The van der Waals surface area contributed by atoms with Gasteiger partial charge in [0.15, 0.2) is 0 Å². The van der Waals surface area contributed by atoms with E-state index in [0.29, 0.717) is 12.2 Å². The average Bonchev–Trinajstić information content (AvgIpc) is 3.05. The Morgan fingerprint density at radius 2 is 2.24 bits per heavy atom. The van der Waals surface area contributed by atoms with Gasteiger partial charge in [-0.15, -0.1) is 0 Å². The lowest BCUT2D eigenvalue weighted by Crippen LogP contribution is -2.44. The first-order chi connectivity index (χ1) is 12.2. The van der Waals surface area contributed by atoms with Crippen LogP contribution in [0.25, 0.3) is 10.9 Å². The van der Waals surface area contributed by atoms with E-state index in [1.54, 1.807) is 6.07 Å². The number of nitrogens with zero attached hydrogens (tertiary/aromatic N) is 5. The summed E-state index contributed by atoms with van der Waals surface area (Å²) in [6, 6.07) is 11.8. The number of aryl methyl sites for hydroxylation is 1. The van der Waals surface area contributed by atoms with Gasteiger partial charge >= 0.3 is 0 Å². The molecule has 1 fully saturated rings.